The largest absolute Gasteiger partial charge is 0.368 e. The normalized spacial score (nSPS) is 15.7. The summed E-state index contributed by atoms with van der Waals surface area (Å²) in [4.78, 5) is 11.0. The van der Waals surface area contributed by atoms with Gasteiger partial charge in [0, 0.05) is 36.7 Å². The van der Waals surface area contributed by atoms with Crippen LogP contribution >= 0.6 is 11.3 Å². The molecule has 0 aliphatic carbocycles. The highest BCUT2D eigenvalue weighted by molar-refractivity contribution is 7.15. The zero-order valence-corrected chi connectivity index (χ0v) is 13.0. The molecule has 1 fully saturated rings. The highest BCUT2D eigenvalue weighted by atomic mass is 32.1. The lowest BCUT2D eigenvalue weighted by Crippen LogP contribution is -2.46. The first kappa shape index (κ1) is 13.4. The number of benzene rings is 1. The highest BCUT2D eigenvalue weighted by Crippen LogP contribution is 2.27. The molecule has 2 heterocycles. The number of aryl methyl sites for hydroxylation is 2. The van der Waals surface area contributed by atoms with Gasteiger partial charge in [-0.2, -0.15) is 0 Å². The van der Waals surface area contributed by atoms with Gasteiger partial charge in [-0.25, -0.2) is 4.98 Å². The minimum absolute atomic E-state index is 1.03. The third-order valence-electron chi connectivity index (χ3n) is 3.89. The summed E-state index contributed by atoms with van der Waals surface area (Å²) >= 11 is 1.84. The van der Waals surface area contributed by atoms with Gasteiger partial charge < -0.3 is 9.80 Å². The number of anilines is 2. The molecule has 0 unspecified atom stereocenters. The molecule has 0 N–H and O–H groups in total. The molecule has 1 aromatic carbocycles. The predicted molar refractivity (Wildman–Crippen MR) is 87.1 cm³/mol. The quantitative estimate of drug-likeness (QED) is 0.863. The fourth-order valence-corrected chi connectivity index (χ4v) is 3.72. The number of nitrogens with zero attached hydrogens (tertiary/aromatic N) is 3. The lowest BCUT2D eigenvalue weighted by atomic mass is 10.2. The Bertz CT molecular complexity index is 556. The predicted octanol–water partition coefficient (Wildman–Crippen LogP) is 3.34. The fraction of sp³-hybridized carbons (Fsp3) is 0.438. The lowest BCUT2D eigenvalue weighted by molar-refractivity contribution is 0.651. The molecule has 2 aromatic rings. The average Bonchev–Trinajstić information content (AvgIpc) is 2.89. The molecule has 20 heavy (non-hydrogen) atoms. The van der Waals surface area contributed by atoms with Crippen molar-refractivity contribution in [2.45, 2.75) is 20.3 Å². The van der Waals surface area contributed by atoms with Gasteiger partial charge in [-0.3, -0.25) is 0 Å². The molecule has 0 radical (unpaired) electrons. The topological polar surface area (TPSA) is 19.4 Å². The van der Waals surface area contributed by atoms with Gasteiger partial charge >= 0.3 is 0 Å². The molecule has 3 nitrogen and oxygen atoms in total. The number of hydrogen-bond donors (Lipinski definition) is 0. The number of thiazole rings is 1. The third kappa shape index (κ3) is 2.66. The molecular formula is C16H21N3S. The minimum Gasteiger partial charge on any atom is -0.368 e. The summed E-state index contributed by atoms with van der Waals surface area (Å²) in [5.74, 6) is 0. The smallest absolute Gasteiger partial charge is 0.185 e. The van der Waals surface area contributed by atoms with E-state index < -0.39 is 0 Å². The number of para-hydroxylation sites is 1. The van der Waals surface area contributed by atoms with Crippen molar-refractivity contribution in [3.05, 3.63) is 40.9 Å². The summed E-state index contributed by atoms with van der Waals surface area (Å²) in [6, 6.07) is 10.7. The van der Waals surface area contributed by atoms with Crippen LogP contribution in [0.3, 0.4) is 0 Å². The van der Waals surface area contributed by atoms with Gasteiger partial charge in [-0.05, 0) is 25.5 Å². The maximum atomic E-state index is 4.78. The zero-order valence-electron chi connectivity index (χ0n) is 12.2. The Morgan fingerprint density at radius 2 is 1.70 bits per heavy atom. The summed E-state index contributed by atoms with van der Waals surface area (Å²) in [5.41, 5.74) is 2.59. The Balaban J connectivity index is 1.66. The molecule has 0 spiro atoms. The van der Waals surface area contributed by atoms with Crippen molar-refractivity contribution in [2.24, 2.45) is 0 Å². The van der Waals surface area contributed by atoms with E-state index in [9.17, 15) is 0 Å². The Kier molecular flexibility index (Phi) is 3.92. The van der Waals surface area contributed by atoms with Crippen LogP contribution in [-0.4, -0.2) is 31.2 Å². The summed E-state index contributed by atoms with van der Waals surface area (Å²) in [6.45, 7) is 8.63. The highest BCUT2D eigenvalue weighted by Gasteiger charge is 2.20. The van der Waals surface area contributed by atoms with Gasteiger partial charge in [0.1, 0.15) is 0 Å². The zero-order chi connectivity index (χ0) is 13.9. The molecule has 0 amide bonds. The van der Waals surface area contributed by atoms with Gasteiger partial charge in [0.25, 0.3) is 0 Å². The standard InChI is InChI=1S/C16H21N3S/c1-3-15-13(2)20-16(17-15)19-11-9-18(10-12-19)14-7-5-4-6-8-14/h4-8H,3,9-12H2,1-2H3. The Labute approximate surface area is 124 Å². The van der Waals surface area contributed by atoms with Gasteiger partial charge in [0.05, 0.1) is 5.69 Å². The Morgan fingerprint density at radius 1 is 1.05 bits per heavy atom. The average molecular weight is 287 g/mol. The van der Waals surface area contributed by atoms with E-state index in [0.29, 0.717) is 0 Å². The number of aromatic nitrogens is 1. The molecule has 4 heteroatoms. The van der Waals surface area contributed by atoms with Crippen molar-refractivity contribution in [3.63, 3.8) is 0 Å². The molecule has 3 rings (SSSR count). The van der Waals surface area contributed by atoms with Crippen molar-refractivity contribution < 1.29 is 0 Å². The maximum Gasteiger partial charge on any atom is 0.185 e. The van der Waals surface area contributed by atoms with Crippen LogP contribution in [0, 0.1) is 6.92 Å². The minimum atomic E-state index is 1.03. The van der Waals surface area contributed by atoms with E-state index in [2.05, 4.69) is 54.0 Å². The van der Waals surface area contributed by atoms with Gasteiger partial charge in [0.15, 0.2) is 5.13 Å². The van der Waals surface area contributed by atoms with Crippen LogP contribution in [0.15, 0.2) is 30.3 Å². The van der Waals surface area contributed by atoms with Crippen LogP contribution in [0.5, 0.6) is 0 Å². The second-order valence-corrected chi connectivity index (χ2v) is 6.34. The summed E-state index contributed by atoms with van der Waals surface area (Å²) < 4.78 is 0. The number of hydrogen-bond acceptors (Lipinski definition) is 4. The van der Waals surface area contributed by atoms with Crippen LogP contribution in [0.25, 0.3) is 0 Å². The van der Waals surface area contributed by atoms with Crippen molar-refractivity contribution >= 4 is 22.2 Å². The summed E-state index contributed by atoms with van der Waals surface area (Å²) in [7, 11) is 0. The van der Waals surface area contributed by atoms with Crippen molar-refractivity contribution in [3.8, 4) is 0 Å². The van der Waals surface area contributed by atoms with Crippen LogP contribution in [-0.2, 0) is 6.42 Å². The first-order valence-corrected chi connectivity index (χ1v) is 8.11. The summed E-state index contributed by atoms with van der Waals surface area (Å²) in [6.07, 6.45) is 1.03. The van der Waals surface area contributed by atoms with E-state index in [1.54, 1.807) is 0 Å². The molecule has 1 aliphatic rings. The second-order valence-electron chi connectivity index (χ2n) is 5.16. The molecule has 1 aliphatic heterocycles. The van der Waals surface area contributed by atoms with E-state index in [-0.39, 0.29) is 0 Å². The molecule has 0 saturated carbocycles. The first-order chi connectivity index (χ1) is 9.78. The van der Waals surface area contributed by atoms with Crippen LogP contribution in [0.2, 0.25) is 0 Å². The van der Waals surface area contributed by atoms with Gasteiger partial charge in [-0.15, -0.1) is 11.3 Å². The van der Waals surface area contributed by atoms with E-state index >= 15 is 0 Å². The monoisotopic (exact) mass is 287 g/mol. The molecule has 1 aromatic heterocycles. The maximum absolute atomic E-state index is 4.78. The van der Waals surface area contributed by atoms with Gasteiger partial charge in [0.2, 0.25) is 0 Å². The molecule has 0 bridgehead atoms. The van der Waals surface area contributed by atoms with E-state index in [4.69, 9.17) is 4.98 Å². The van der Waals surface area contributed by atoms with Crippen LogP contribution in [0.4, 0.5) is 10.8 Å². The molecule has 106 valence electrons. The molecular weight excluding hydrogens is 266 g/mol. The third-order valence-corrected chi connectivity index (χ3v) is 4.96. The summed E-state index contributed by atoms with van der Waals surface area (Å²) in [5, 5.41) is 1.20. The van der Waals surface area contributed by atoms with Crippen molar-refractivity contribution in [1.29, 1.82) is 0 Å². The van der Waals surface area contributed by atoms with E-state index in [1.807, 2.05) is 11.3 Å². The van der Waals surface area contributed by atoms with Crippen LogP contribution in [0.1, 0.15) is 17.5 Å². The van der Waals surface area contributed by atoms with Crippen molar-refractivity contribution in [2.75, 3.05) is 36.0 Å². The number of rotatable bonds is 3. The lowest BCUT2D eigenvalue weighted by Gasteiger charge is -2.36. The Hall–Kier alpha value is -1.55. The molecule has 1 saturated heterocycles. The Morgan fingerprint density at radius 3 is 2.30 bits per heavy atom. The second kappa shape index (κ2) is 5.83. The fourth-order valence-electron chi connectivity index (χ4n) is 2.67. The molecule has 0 atom stereocenters. The first-order valence-electron chi connectivity index (χ1n) is 7.29. The van der Waals surface area contributed by atoms with Crippen LogP contribution < -0.4 is 9.80 Å². The SMILES string of the molecule is CCc1nc(N2CCN(c3ccccc3)CC2)sc1C. The van der Waals surface area contributed by atoms with E-state index in [0.717, 1.165) is 32.6 Å². The van der Waals surface area contributed by atoms with Crippen molar-refractivity contribution in [1.82, 2.24) is 4.98 Å². The number of piperazine rings is 1. The van der Waals surface area contributed by atoms with Gasteiger partial charge in [-0.1, -0.05) is 25.1 Å². The van der Waals surface area contributed by atoms with E-state index in [1.165, 1.54) is 21.4 Å².